The van der Waals surface area contributed by atoms with Gasteiger partial charge in [-0.05, 0) is 56.8 Å². The minimum atomic E-state index is 0.518. The van der Waals surface area contributed by atoms with E-state index in [0.717, 1.165) is 6.42 Å². The first-order chi connectivity index (χ1) is 10.2. The van der Waals surface area contributed by atoms with Crippen molar-refractivity contribution in [2.24, 2.45) is 0 Å². The van der Waals surface area contributed by atoms with E-state index in [-0.39, 0.29) is 0 Å². The van der Waals surface area contributed by atoms with Gasteiger partial charge in [0.15, 0.2) is 0 Å². The summed E-state index contributed by atoms with van der Waals surface area (Å²) in [5.74, 6) is 0. The number of benzene rings is 1. The lowest BCUT2D eigenvalue weighted by molar-refractivity contribution is 0.189. The smallest absolute Gasteiger partial charge is 0.0320 e. The minimum Gasteiger partial charge on any atom is -0.313 e. The molecule has 2 nitrogen and oxygen atoms in total. The molecule has 0 saturated carbocycles. The van der Waals surface area contributed by atoms with Crippen LogP contribution >= 0.6 is 0 Å². The SMILES string of the molecule is CCCCN(CC1CCCN1)C(C)c1ccc(CC)cc1. The maximum atomic E-state index is 3.65. The van der Waals surface area contributed by atoms with E-state index >= 15 is 0 Å². The fraction of sp³-hybridized carbons (Fsp3) is 0.684. The molecule has 1 N–H and O–H groups in total. The van der Waals surface area contributed by atoms with Crippen LogP contribution in [0.1, 0.15) is 63.6 Å². The van der Waals surface area contributed by atoms with Crippen LogP contribution in [0.5, 0.6) is 0 Å². The van der Waals surface area contributed by atoms with Gasteiger partial charge in [0.05, 0.1) is 0 Å². The Morgan fingerprint density at radius 3 is 2.57 bits per heavy atom. The zero-order valence-electron chi connectivity index (χ0n) is 14.1. The lowest BCUT2D eigenvalue weighted by Crippen LogP contribution is -2.39. The second kappa shape index (κ2) is 8.55. The first-order valence-corrected chi connectivity index (χ1v) is 8.80. The molecule has 0 spiro atoms. The topological polar surface area (TPSA) is 15.3 Å². The van der Waals surface area contributed by atoms with Crippen LogP contribution in [-0.2, 0) is 6.42 Å². The molecule has 1 saturated heterocycles. The molecule has 1 aromatic rings. The lowest BCUT2D eigenvalue weighted by Gasteiger charge is -2.32. The third-order valence-corrected chi connectivity index (χ3v) is 4.83. The van der Waals surface area contributed by atoms with Gasteiger partial charge in [-0.3, -0.25) is 4.90 Å². The highest BCUT2D eigenvalue weighted by Crippen LogP contribution is 2.23. The molecule has 2 heteroatoms. The molecule has 2 rings (SSSR count). The van der Waals surface area contributed by atoms with Crippen molar-refractivity contribution in [1.82, 2.24) is 10.2 Å². The summed E-state index contributed by atoms with van der Waals surface area (Å²) in [6, 6.07) is 10.4. The summed E-state index contributed by atoms with van der Waals surface area (Å²) < 4.78 is 0. The standard InChI is InChI=1S/C19H32N2/c1-4-6-14-21(15-19-8-7-13-20-19)16(3)18-11-9-17(5-2)10-12-18/h9-12,16,19-20H,4-8,13-15H2,1-3H3. The number of rotatable bonds is 8. The average molecular weight is 288 g/mol. The molecule has 118 valence electrons. The molecule has 0 bridgehead atoms. The molecule has 2 atom stereocenters. The van der Waals surface area contributed by atoms with Crippen LogP contribution < -0.4 is 5.32 Å². The molecule has 0 radical (unpaired) electrons. The largest absolute Gasteiger partial charge is 0.313 e. The molecular formula is C19H32N2. The van der Waals surface area contributed by atoms with E-state index in [1.54, 1.807) is 0 Å². The maximum Gasteiger partial charge on any atom is 0.0320 e. The molecule has 1 aliphatic heterocycles. The molecule has 2 unspecified atom stereocenters. The molecule has 21 heavy (non-hydrogen) atoms. The summed E-state index contributed by atoms with van der Waals surface area (Å²) in [6.45, 7) is 10.5. The highest BCUT2D eigenvalue weighted by Gasteiger charge is 2.21. The van der Waals surface area contributed by atoms with E-state index in [0.29, 0.717) is 12.1 Å². The number of nitrogens with one attached hydrogen (secondary N) is 1. The van der Waals surface area contributed by atoms with Crippen LogP contribution in [0.15, 0.2) is 24.3 Å². The predicted octanol–water partition coefficient (Wildman–Crippen LogP) is 4.16. The monoisotopic (exact) mass is 288 g/mol. The Balaban J connectivity index is 2.01. The molecule has 1 fully saturated rings. The highest BCUT2D eigenvalue weighted by atomic mass is 15.2. The van der Waals surface area contributed by atoms with Crippen molar-refractivity contribution in [3.63, 3.8) is 0 Å². The Morgan fingerprint density at radius 1 is 1.24 bits per heavy atom. The van der Waals surface area contributed by atoms with Gasteiger partial charge in [0, 0.05) is 18.6 Å². The van der Waals surface area contributed by atoms with Crippen molar-refractivity contribution in [1.29, 1.82) is 0 Å². The van der Waals surface area contributed by atoms with Crippen molar-refractivity contribution < 1.29 is 0 Å². The van der Waals surface area contributed by atoms with E-state index in [1.165, 1.54) is 56.4 Å². The van der Waals surface area contributed by atoms with E-state index in [9.17, 15) is 0 Å². The van der Waals surface area contributed by atoms with Crippen molar-refractivity contribution >= 4 is 0 Å². The van der Waals surface area contributed by atoms with E-state index < -0.39 is 0 Å². The molecule has 1 aliphatic rings. The van der Waals surface area contributed by atoms with Crippen LogP contribution in [0, 0.1) is 0 Å². The average Bonchev–Trinajstić information content (AvgIpc) is 3.04. The Bertz CT molecular complexity index is 393. The number of nitrogens with zero attached hydrogens (tertiary/aromatic N) is 1. The van der Waals surface area contributed by atoms with Crippen LogP contribution in [0.25, 0.3) is 0 Å². The Kier molecular flexibility index (Phi) is 6.72. The normalized spacial score (nSPS) is 20.1. The fourth-order valence-electron chi connectivity index (χ4n) is 3.24. The molecule has 0 aromatic heterocycles. The number of unbranched alkanes of at least 4 members (excludes halogenated alkanes) is 1. The van der Waals surface area contributed by atoms with Gasteiger partial charge in [-0.25, -0.2) is 0 Å². The van der Waals surface area contributed by atoms with Gasteiger partial charge in [0.2, 0.25) is 0 Å². The van der Waals surface area contributed by atoms with Gasteiger partial charge in [-0.1, -0.05) is 44.5 Å². The van der Waals surface area contributed by atoms with Gasteiger partial charge < -0.3 is 5.32 Å². The van der Waals surface area contributed by atoms with Crippen LogP contribution in [0.3, 0.4) is 0 Å². The van der Waals surface area contributed by atoms with E-state index in [4.69, 9.17) is 0 Å². The van der Waals surface area contributed by atoms with Crippen molar-refractivity contribution in [3.05, 3.63) is 35.4 Å². The zero-order chi connectivity index (χ0) is 15.1. The highest BCUT2D eigenvalue weighted by molar-refractivity contribution is 5.24. The molecule has 1 heterocycles. The van der Waals surface area contributed by atoms with Crippen LogP contribution in [0.2, 0.25) is 0 Å². The molecule has 0 amide bonds. The quantitative estimate of drug-likeness (QED) is 0.772. The zero-order valence-corrected chi connectivity index (χ0v) is 14.1. The van der Waals surface area contributed by atoms with Gasteiger partial charge in [0.1, 0.15) is 0 Å². The predicted molar refractivity (Wildman–Crippen MR) is 91.7 cm³/mol. The first kappa shape index (κ1) is 16.5. The molecular weight excluding hydrogens is 256 g/mol. The Hall–Kier alpha value is -0.860. The van der Waals surface area contributed by atoms with Crippen molar-refractivity contribution in [2.75, 3.05) is 19.6 Å². The Labute approximate surface area is 130 Å². The summed E-state index contributed by atoms with van der Waals surface area (Å²) in [5.41, 5.74) is 2.89. The van der Waals surface area contributed by atoms with Gasteiger partial charge >= 0.3 is 0 Å². The Morgan fingerprint density at radius 2 is 2.00 bits per heavy atom. The number of aryl methyl sites for hydroxylation is 1. The van der Waals surface area contributed by atoms with Gasteiger partial charge in [0.25, 0.3) is 0 Å². The fourth-order valence-corrected chi connectivity index (χ4v) is 3.24. The second-order valence-electron chi connectivity index (χ2n) is 6.41. The summed E-state index contributed by atoms with van der Waals surface area (Å²) in [6.07, 6.45) is 6.37. The first-order valence-electron chi connectivity index (χ1n) is 8.80. The minimum absolute atomic E-state index is 0.518. The lowest BCUT2D eigenvalue weighted by atomic mass is 10.0. The summed E-state index contributed by atoms with van der Waals surface area (Å²) in [7, 11) is 0. The van der Waals surface area contributed by atoms with Gasteiger partial charge in [-0.15, -0.1) is 0 Å². The maximum absolute atomic E-state index is 3.65. The summed E-state index contributed by atoms with van der Waals surface area (Å²) in [4.78, 5) is 2.67. The third kappa shape index (κ3) is 4.82. The second-order valence-corrected chi connectivity index (χ2v) is 6.41. The summed E-state index contributed by atoms with van der Waals surface area (Å²) >= 11 is 0. The number of hydrogen-bond donors (Lipinski definition) is 1. The van der Waals surface area contributed by atoms with E-state index in [1.807, 2.05) is 0 Å². The van der Waals surface area contributed by atoms with E-state index in [2.05, 4.69) is 55.3 Å². The number of hydrogen-bond acceptors (Lipinski definition) is 2. The van der Waals surface area contributed by atoms with Crippen LogP contribution in [-0.4, -0.2) is 30.6 Å². The van der Waals surface area contributed by atoms with Gasteiger partial charge in [-0.2, -0.15) is 0 Å². The van der Waals surface area contributed by atoms with Crippen LogP contribution in [0.4, 0.5) is 0 Å². The van der Waals surface area contributed by atoms with Crippen molar-refractivity contribution in [2.45, 2.75) is 65.0 Å². The molecule has 1 aromatic carbocycles. The molecule has 0 aliphatic carbocycles. The summed E-state index contributed by atoms with van der Waals surface area (Å²) in [5, 5.41) is 3.65. The third-order valence-electron chi connectivity index (χ3n) is 4.83. The van der Waals surface area contributed by atoms with Crippen molar-refractivity contribution in [3.8, 4) is 0 Å².